The van der Waals surface area contributed by atoms with E-state index in [0.29, 0.717) is 17.1 Å². The number of ether oxygens (including phenoxy) is 1. The number of hydrogen-bond donors (Lipinski definition) is 3. The summed E-state index contributed by atoms with van der Waals surface area (Å²) in [6, 6.07) is 16.2. The number of nitrogens with one attached hydrogen (secondary N) is 2. The molecule has 0 fully saturated rings. The predicted molar refractivity (Wildman–Crippen MR) is 89.8 cm³/mol. The normalized spacial score (nSPS) is 10.2. The minimum atomic E-state index is -0.331. The van der Waals surface area contributed by atoms with E-state index in [4.69, 9.17) is 15.5 Å². The summed E-state index contributed by atoms with van der Waals surface area (Å²) in [7, 11) is 1.49. The molecule has 0 atom stereocenters. The van der Waals surface area contributed by atoms with Crippen molar-refractivity contribution >= 4 is 11.7 Å². The van der Waals surface area contributed by atoms with E-state index >= 15 is 0 Å². The molecule has 0 spiro atoms. The minimum Gasteiger partial charge on any atom is -0.493 e. The van der Waals surface area contributed by atoms with E-state index in [0.717, 1.165) is 11.3 Å². The molecule has 4 N–H and O–H groups in total. The van der Waals surface area contributed by atoms with Crippen molar-refractivity contribution in [2.75, 3.05) is 12.4 Å². The van der Waals surface area contributed by atoms with Crippen LogP contribution < -0.4 is 20.8 Å². The second-order valence-corrected chi connectivity index (χ2v) is 4.97. The van der Waals surface area contributed by atoms with Crippen molar-refractivity contribution < 1.29 is 14.4 Å². The van der Waals surface area contributed by atoms with Gasteiger partial charge in [-0.3, -0.25) is 9.89 Å². The van der Waals surface area contributed by atoms with Gasteiger partial charge in [-0.25, -0.2) is 0 Å². The summed E-state index contributed by atoms with van der Waals surface area (Å²) in [6.07, 6.45) is 0. The van der Waals surface area contributed by atoms with E-state index in [-0.39, 0.29) is 11.7 Å². The zero-order chi connectivity index (χ0) is 16.9. The number of H-pyrrole nitrogens is 1. The smallest absolute Gasteiger partial charge is 0.257 e. The molecule has 0 aliphatic rings. The van der Waals surface area contributed by atoms with Gasteiger partial charge in [0.1, 0.15) is 0 Å². The van der Waals surface area contributed by atoms with Gasteiger partial charge >= 0.3 is 0 Å². The van der Waals surface area contributed by atoms with Crippen LogP contribution in [0.25, 0.3) is 11.3 Å². The molecule has 122 valence electrons. The maximum Gasteiger partial charge on any atom is 0.257 e. The topological polar surface area (TPSA) is 102 Å². The Morgan fingerprint density at radius 1 is 1.12 bits per heavy atom. The van der Waals surface area contributed by atoms with Crippen molar-refractivity contribution in [2.24, 2.45) is 5.90 Å². The van der Waals surface area contributed by atoms with Gasteiger partial charge in [-0.15, -0.1) is 0 Å². The Morgan fingerprint density at radius 2 is 1.92 bits per heavy atom. The maximum absolute atomic E-state index is 12.3. The molecule has 2 aromatic carbocycles. The predicted octanol–water partition coefficient (Wildman–Crippen LogP) is 2.59. The van der Waals surface area contributed by atoms with Crippen LogP contribution in [-0.2, 0) is 0 Å². The van der Waals surface area contributed by atoms with Gasteiger partial charge in [0.25, 0.3) is 5.91 Å². The van der Waals surface area contributed by atoms with Gasteiger partial charge in [0.2, 0.25) is 0 Å². The lowest BCUT2D eigenvalue weighted by Crippen LogP contribution is -2.13. The molecule has 1 heterocycles. The largest absolute Gasteiger partial charge is 0.493 e. The monoisotopic (exact) mass is 324 g/mol. The van der Waals surface area contributed by atoms with Crippen molar-refractivity contribution in [3.8, 4) is 22.8 Å². The molecule has 7 heteroatoms. The Bertz CT molecular complexity index is 846. The van der Waals surface area contributed by atoms with Crippen LogP contribution in [-0.4, -0.2) is 23.2 Å². The number of nitrogens with zero attached hydrogens (tertiary/aromatic N) is 1. The van der Waals surface area contributed by atoms with Crippen LogP contribution in [0.15, 0.2) is 54.6 Å². The average molecular weight is 324 g/mol. The Kier molecular flexibility index (Phi) is 4.44. The van der Waals surface area contributed by atoms with Crippen molar-refractivity contribution in [3.63, 3.8) is 0 Å². The lowest BCUT2D eigenvalue weighted by Gasteiger charge is -2.08. The number of hydrogen-bond acceptors (Lipinski definition) is 5. The van der Waals surface area contributed by atoms with E-state index in [9.17, 15) is 4.79 Å². The summed E-state index contributed by atoms with van der Waals surface area (Å²) in [5.74, 6) is 6.00. The molecule has 0 saturated heterocycles. The zero-order valence-corrected chi connectivity index (χ0v) is 12.9. The Hall–Kier alpha value is -3.32. The standard InChI is InChI=1S/C17H16N4O3/c1-23-14-8-7-12(9-15(14)24-18)17(22)19-16-10-13(20-21-16)11-5-3-2-4-6-11/h2-10H,18H2,1H3,(H2,19,20,21,22). The third-order valence-corrected chi connectivity index (χ3v) is 3.46. The fourth-order valence-corrected chi connectivity index (χ4v) is 2.25. The van der Waals surface area contributed by atoms with Gasteiger partial charge < -0.3 is 14.9 Å². The first-order valence-electron chi connectivity index (χ1n) is 7.18. The molecule has 3 rings (SSSR count). The molecule has 24 heavy (non-hydrogen) atoms. The number of rotatable bonds is 5. The summed E-state index contributed by atoms with van der Waals surface area (Å²) in [4.78, 5) is 17.0. The van der Waals surface area contributed by atoms with Crippen LogP contribution in [0.4, 0.5) is 5.82 Å². The number of carbonyl (C=O) groups is 1. The van der Waals surface area contributed by atoms with E-state index in [1.54, 1.807) is 18.2 Å². The van der Waals surface area contributed by atoms with Crippen LogP contribution in [0.1, 0.15) is 10.4 Å². The van der Waals surface area contributed by atoms with Crippen molar-refractivity contribution in [1.82, 2.24) is 10.2 Å². The first kappa shape index (κ1) is 15.6. The molecule has 1 aromatic heterocycles. The fraction of sp³-hybridized carbons (Fsp3) is 0.0588. The van der Waals surface area contributed by atoms with Crippen LogP contribution in [0.2, 0.25) is 0 Å². The van der Waals surface area contributed by atoms with Gasteiger partial charge in [-0.2, -0.15) is 11.0 Å². The summed E-state index contributed by atoms with van der Waals surface area (Å²) < 4.78 is 5.09. The number of aromatic amines is 1. The fourth-order valence-electron chi connectivity index (χ4n) is 2.25. The lowest BCUT2D eigenvalue weighted by atomic mass is 10.1. The third kappa shape index (κ3) is 3.21. The van der Waals surface area contributed by atoms with Gasteiger partial charge in [0.05, 0.1) is 12.8 Å². The molecule has 0 radical (unpaired) electrons. The highest BCUT2D eigenvalue weighted by molar-refractivity contribution is 6.04. The van der Waals surface area contributed by atoms with Crippen LogP contribution >= 0.6 is 0 Å². The van der Waals surface area contributed by atoms with Gasteiger partial charge in [-0.05, 0) is 23.8 Å². The van der Waals surface area contributed by atoms with Gasteiger partial charge in [0, 0.05) is 11.6 Å². The first-order chi connectivity index (χ1) is 11.7. The maximum atomic E-state index is 12.3. The van der Waals surface area contributed by atoms with Crippen LogP contribution in [0.5, 0.6) is 11.5 Å². The number of methoxy groups -OCH3 is 1. The lowest BCUT2D eigenvalue weighted by molar-refractivity contribution is 0.102. The van der Waals surface area contributed by atoms with Gasteiger partial charge in [-0.1, -0.05) is 30.3 Å². The van der Waals surface area contributed by atoms with Crippen molar-refractivity contribution in [1.29, 1.82) is 0 Å². The van der Waals surface area contributed by atoms with E-state index in [1.807, 2.05) is 30.3 Å². The Labute approximate surface area is 138 Å². The van der Waals surface area contributed by atoms with Crippen molar-refractivity contribution in [2.45, 2.75) is 0 Å². The second kappa shape index (κ2) is 6.84. The number of amides is 1. The highest BCUT2D eigenvalue weighted by atomic mass is 16.6. The number of benzene rings is 2. The van der Waals surface area contributed by atoms with Crippen LogP contribution in [0.3, 0.4) is 0 Å². The van der Waals surface area contributed by atoms with E-state index in [1.165, 1.54) is 13.2 Å². The summed E-state index contributed by atoms with van der Waals surface area (Å²) in [5.41, 5.74) is 2.17. The minimum absolute atomic E-state index is 0.275. The Morgan fingerprint density at radius 3 is 2.62 bits per heavy atom. The molecular weight excluding hydrogens is 308 g/mol. The first-order valence-corrected chi connectivity index (χ1v) is 7.18. The quantitative estimate of drug-likeness (QED) is 0.626. The molecule has 0 aliphatic heterocycles. The van der Waals surface area contributed by atoms with E-state index in [2.05, 4.69) is 15.5 Å². The highest BCUT2D eigenvalue weighted by Gasteiger charge is 2.13. The molecule has 0 bridgehead atoms. The van der Waals surface area contributed by atoms with Crippen molar-refractivity contribution in [3.05, 3.63) is 60.2 Å². The Balaban J connectivity index is 1.77. The summed E-state index contributed by atoms with van der Waals surface area (Å²) in [6.45, 7) is 0. The highest BCUT2D eigenvalue weighted by Crippen LogP contribution is 2.27. The number of aromatic nitrogens is 2. The summed E-state index contributed by atoms with van der Waals surface area (Å²) >= 11 is 0. The molecule has 0 aliphatic carbocycles. The molecule has 0 saturated carbocycles. The average Bonchev–Trinajstić information content (AvgIpc) is 3.10. The van der Waals surface area contributed by atoms with Crippen LogP contribution in [0, 0.1) is 0 Å². The third-order valence-electron chi connectivity index (χ3n) is 3.46. The van der Waals surface area contributed by atoms with E-state index < -0.39 is 0 Å². The zero-order valence-electron chi connectivity index (χ0n) is 12.9. The second-order valence-electron chi connectivity index (χ2n) is 4.97. The molecule has 7 nitrogen and oxygen atoms in total. The number of anilines is 1. The van der Waals surface area contributed by atoms with Gasteiger partial charge in [0.15, 0.2) is 17.3 Å². The molecule has 0 unspecified atom stereocenters. The number of nitrogens with two attached hydrogens (primary N) is 1. The summed E-state index contributed by atoms with van der Waals surface area (Å²) in [5, 5.41) is 9.71. The molecule has 1 amide bonds. The SMILES string of the molecule is COc1ccc(C(=O)Nc2cc(-c3ccccc3)[nH]n2)cc1ON. The number of carbonyl (C=O) groups excluding carboxylic acids is 1. The molecule has 3 aromatic rings. The molecular formula is C17H16N4O3.